The van der Waals surface area contributed by atoms with E-state index in [4.69, 9.17) is 0 Å². The van der Waals surface area contributed by atoms with Gasteiger partial charge < -0.3 is 16.0 Å². The molecule has 0 aliphatic heterocycles. The zero-order chi connectivity index (χ0) is 17.4. The van der Waals surface area contributed by atoms with Crippen LogP contribution in [-0.2, 0) is 0 Å². The number of anilines is 1. The van der Waals surface area contributed by atoms with Crippen LogP contribution in [0.25, 0.3) is 0 Å². The van der Waals surface area contributed by atoms with E-state index in [1.54, 1.807) is 0 Å². The third-order valence-corrected chi connectivity index (χ3v) is 4.11. The monoisotopic (exact) mass is 326 g/mol. The Morgan fingerprint density at radius 1 is 1.33 bits per heavy atom. The summed E-state index contributed by atoms with van der Waals surface area (Å²) in [5.74, 6) is 1.32. The molecule has 0 radical (unpaired) electrons. The van der Waals surface area contributed by atoms with E-state index in [0.29, 0.717) is 11.7 Å². The summed E-state index contributed by atoms with van der Waals surface area (Å²) >= 11 is 0. The molecule has 0 bridgehead atoms. The Balaban J connectivity index is 1.93. The molecule has 1 aromatic rings. The summed E-state index contributed by atoms with van der Waals surface area (Å²) in [6.07, 6.45) is 5.61. The van der Waals surface area contributed by atoms with E-state index in [1.165, 1.54) is 29.7 Å². The molecule has 0 heterocycles. The number of nitrogens with zero attached hydrogens (tertiary/aromatic N) is 1. The number of nitrogens with one attached hydrogen (secondary N) is 3. The fourth-order valence-electron chi connectivity index (χ4n) is 2.62. The lowest BCUT2D eigenvalue weighted by Crippen LogP contribution is -2.20. The van der Waals surface area contributed by atoms with Gasteiger partial charge in [0.2, 0.25) is 0 Å². The van der Waals surface area contributed by atoms with E-state index in [0.717, 1.165) is 25.2 Å². The zero-order valence-corrected chi connectivity index (χ0v) is 15.2. The maximum absolute atomic E-state index is 4.54. The number of hydrogen-bond donors (Lipinski definition) is 3. The zero-order valence-electron chi connectivity index (χ0n) is 15.2. The third-order valence-electron chi connectivity index (χ3n) is 4.11. The van der Waals surface area contributed by atoms with Crippen LogP contribution in [0, 0.1) is 12.8 Å². The highest BCUT2D eigenvalue weighted by Gasteiger charge is 2.26. The van der Waals surface area contributed by atoms with Gasteiger partial charge in [-0.05, 0) is 75.9 Å². The van der Waals surface area contributed by atoms with E-state index in [1.807, 2.05) is 25.4 Å². The van der Waals surface area contributed by atoms with Crippen molar-refractivity contribution in [1.82, 2.24) is 10.6 Å². The van der Waals surface area contributed by atoms with Crippen LogP contribution >= 0.6 is 0 Å². The molecule has 0 unspecified atom stereocenters. The molecule has 24 heavy (non-hydrogen) atoms. The summed E-state index contributed by atoms with van der Waals surface area (Å²) in [4.78, 5) is 4.54. The summed E-state index contributed by atoms with van der Waals surface area (Å²) in [5, 5.41) is 9.94. The summed E-state index contributed by atoms with van der Waals surface area (Å²) < 4.78 is 0. The number of allylic oxidation sites excluding steroid dienone is 2. The molecule has 1 aliphatic rings. The predicted molar refractivity (Wildman–Crippen MR) is 104 cm³/mol. The summed E-state index contributed by atoms with van der Waals surface area (Å²) in [6.45, 7) is 10.3. The van der Waals surface area contributed by atoms with Crippen molar-refractivity contribution < 1.29 is 0 Å². The van der Waals surface area contributed by atoms with Gasteiger partial charge in [0.05, 0.1) is 0 Å². The average Bonchev–Trinajstić information content (AvgIpc) is 3.36. The first kappa shape index (κ1) is 18.3. The van der Waals surface area contributed by atoms with Gasteiger partial charge in [-0.15, -0.1) is 0 Å². The highest BCUT2D eigenvalue weighted by Crippen LogP contribution is 2.36. The van der Waals surface area contributed by atoms with Crippen LogP contribution in [0.5, 0.6) is 0 Å². The van der Waals surface area contributed by atoms with Crippen molar-refractivity contribution in [3.63, 3.8) is 0 Å². The Labute approximate surface area is 146 Å². The van der Waals surface area contributed by atoms with E-state index >= 15 is 0 Å². The molecule has 4 nitrogen and oxygen atoms in total. The van der Waals surface area contributed by atoms with Crippen molar-refractivity contribution in [3.8, 4) is 0 Å². The number of aryl methyl sites for hydroxylation is 1. The van der Waals surface area contributed by atoms with Crippen molar-refractivity contribution in [3.05, 3.63) is 53.5 Å². The molecule has 1 saturated carbocycles. The Kier molecular flexibility index (Phi) is 7.07. The fourth-order valence-corrected chi connectivity index (χ4v) is 2.62. The minimum absolute atomic E-state index is 0.650. The van der Waals surface area contributed by atoms with Crippen molar-refractivity contribution >= 4 is 11.9 Å². The van der Waals surface area contributed by atoms with Crippen LogP contribution in [0.2, 0.25) is 0 Å². The number of hydrogen-bond acceptors (Lipinski definition) is 4. The first-order valence-electron chi connectivity index (χ1n) is 8.76. The number of benzene rings is 1. The highest BCUT2D eigenvalue weighted by molar-refractivity contribution is 5.82. The van der Waals surface area contributed by atoms with Gasteiger partial charge in [-0.1, -0.05) is 18.7 Å². The van der Waals surface area contributed by atoms with Crippen molar-refractivity contribution in [2.45, 2.75) is 33.1 Å². The average molecular weight is 326 g/mol. The van der Waals surface area contributed by atoms with Crippen LogP contribution in [0.4, 0.5) is 5.69 Å². The van der Waals surface area contributed by atoms with E-state index in [2.05, 4.69) is 53.5 Å². The quantitative estimate of drug-likeness (QED) is 0.452. The van der Waals surface area contributed by atoms with Crippen LogP contribution in [0.1, 0.15) is 31.7 Å². The van der Waals surface area contributed by atoms with Crippen LogP contribution in [-0.4, -0.2) is 26.4 Å². The molecule has 1 aromatic carbocycles. The second kappa shape index (κ2) is 9.28. The van der Waals surface area contributed by atoms with Crippen LogP contribution in [0.15, 0.2) is 52.9 Å². The second-order valence-electron chi connectivity index (χ2n) is 6.44. The lowest BCUT2D eigenvalue weighted by molar-refractivity contribution is 0.672. The topological polar surface area (TPSA) is 48.5 Å². The van der Waals surface area contributed by atoms with Crippen molar-refractivity contribution in [2.75, 3.05) is 25.5 Å². The van der Waals surface area contributed by atoms with Gasteiger partial charge in [0.1, 0.15) is 5.82 Å². The maximum atomic E-state index is 4.54. The van der Waals surface area contributed by atoms with Gasteiger partial charge in [0.25, 0.3) is 0 Å². The van der Waals surface area contributed by atoms with Gasteiger partial charge in [-0.25, -0.2) is 4.99 Å². The molecular formula is C20H30N4. The minimum atomic E-state index is 0.650. The molecule has 3 N–H and O–H groups in total. The molecule has 130 valence electrons. The second-order valence-corrected chi connectivity index (χ2v) is 6.44. The van der Waals surface area contributed by atoms with E-state index < -0.39 is 0 Å². The molecule has 1 aliphatic carbocycles. The maximum Gasteiger partial charge on any atom is 0.123 e. The van der Waals surface area contributed by atoms with Gasteiger partial charge in [-0.2, -0.15) is 0 Å². The van der Waals surface area contributed by atoms with Crippen molar-refractivity contribution in [2.24, 2.45) is 10.9 Å². The van der Waals surface area contributed by atoms with Crippen LogP contribution < -0.4 is 16.0 Å². The number of rotatable bonds is 10. The lowest BCUT2D eigenvalue weighted by Gasteiger charge is -2.11. The van der Waals surface area contributed by atoms with E-state index in [9.17, 15) is 0 Å². The lowest BCUT2D eigenvalue weighted by atomic mass is 10.1. The predicted octanol–water partition coefficient (Wildman–Crippen LogP) is 3.83. The summed E-state index contributed by atoms with van der Waals surface area (Å²) in [5.41, 5.74) is 4.79. The van der Waals surface area contributed by atoms with Gasteiger partial charge in [-0.3, -0.25) is 0 Å². The minimum Gasteiger partial charge on any atom is -0.388 e. The Morgan fingerprint density at radius 3 is 2.79 bits per heavy atom. The van der Waals surface area contributed by atoms with Crippen molar-refractivity contribution in [1.29, 1.82) is 0 Å². The van der Waals surface area contributed by atoms with E-state index in [-0.39, 0.29) is 0 Å². The van der Waals surface area contributed by atoms with Gasteiger partial charge in [0.15, 0.2) is 0 Å². The fraction of sp³-hybridized carbons (Fsp3) is 0.450. The first-order chi connectivity index (χ1) is 11.6. The molecule has 0 amide bonds. The molecule has 1 fully saturated rings. The normalized spacial score (nSPS) is 15.3. The molecule has 4 heteroatoms. The standard InChI is InChI=1S/C20H30N4/c1-15-7-5-8-19(13-15)24-17(3)23-14-20(18-9-10-18)16(2)22-12-6-11-21-4/h5,7-8,13-14,18,21-22,24H,3,6,9-12H2,1-2,4H3/b20-16-,23-14-. The number of aliphatic imine (C=N–C) groups is 1. The molecule has 2 rings (SSSR count). The summed E-state index contributed by atoms with van der Waals surface area (Å²) in [6, 6.07) is 8.23. The first-order valence-corrected chi connectivity index (χ1v) is 8.76. The molecule has 0 spiro atoms. The SMILES string of the molecule is C=C(/N=C\C(=C(/C)NCCCNC)C1CC1)Nc1cccc(C)c1. The van der Waals surface area contributed by atoms with Gasteiger partial charge >= 0.3 is 0 Å². The highest BCUT2D eigenvalue weighted by atomic mass is 15.0. The van der Waals surface area contributed by atoms with Gasteiger partial charge in [0, 0.05) is 24.1 Å². The Bertz CT molecular complexity index is 612. The smallest absolute Gasteiger partial charge is 0.123 e. The molecule has 0 atom stereocenters. The third kappa shape index (κ3) is 6.20. The largest absolute Gasteiger partial charge is 0.388 e. The molecular weight excluding hydrogens is 296 g/mol. The Morgan fingerprint density at radius 2 is 2.12 bits per heavy atom. The van der Waals surface area contributed by atoms with Crippen LogP contribution in [0.3, 0.4) is 0 Å². The molecule has 0 aromatic heterocycles. The Hall–Kier alpha value is -2.07. The summed E-state index contributed by atoms with van der Waals surface area (Å²) in [7, 11) is 1.98. The molecule has 0 saturated heterocycles.